The van der Waals surface area contributed by atoms with Crippen molar-refractivity contribution in [2.45, 2.75) is 45.8 Å². The topological polar surface area (TPSA) is 34.2 Å². The minimum atomic E-state index is 0.212. The highest BCUT2D eigenvalue weighted by Gasteiger charge is 2.25. The first-order valence-corrected chi connectivity index (χ1v) is 8.58. The lowest BCUT2D eigenvalue weighted by Crippen LogP contribution is -2.45. The maximum absolute atomic E-state index is 5.73. The van der Waals surface area contributed by atoms with Crippen LogP contribution in [0, 0.1) is 5.92 Å². The zero-order chi connectivity index (χ0) is 15.2. The van der Waals surface area contributed by atoms with Gasteiger partial charge < -0.3 is 10.1 Å². The Kier molecular flexibility index (Phi) is 6.15. The third kappa shape index (κ3) is 4.25. The molecule has 4 heteroatoms. The molecule has 0 aliphatic rings. The second-order valence-electron chi connectivity index (χ2n) is 5.78. The Balaban J connectivity index is 2.16. The zero-order valence-electron chi connectivity index (χ0n) is 13.4. The summed E-state index contributed by atoms with van der Waals surface area (Å²) in [5.41, 5.74) is 1.10. The standard InChI is InChI=1S/C17H26N2OS/c1-5-10-18-14(17(20-4)12(2)3)11-16-19-13-8-6-7-9-15(13)21-16/h6-9,12,14,17-18H,5,10-11H2,1-4H3. The van der Waals surface area contributed by atoms with Gasteiger partial charge in [0.1, 0.15) is 0 Å². The maximum atomic E-state index is 5.73. The van der Waals surface area contributed by atoms with Crippen LogP contribution in [0.3, 0.4) is 0 Å². The lowest BCUT2D eigenvalue weighted by Gasteiger charge is -2.29. The molecule has 2 unspecified atom stereocenters. The molecule has 0 saturated carbocycles. The molecule has 21 heavy (non-hydrogen) atoms. The summed E-state index contributed by atoms with van der Waals surface area (Å²) in [6.07, 6.45) is 2.27. The van der Waals surface area contributed by atoms with E-state index < -0.39 is 0 Å². The van der Waals surface area contributed by atoms with Crippen molar-refractivity contribution in [3.63, 3.8) is 0 Å². The number of thiazole rings is 1. The summed E-state index contributed by atoms with van der Waals surface area (Å²) in [4.78, 5) is 4.76. The second kappa shape index (κ2) is 7.87. The van der Waals surface area contributed by atoms with Gasteiger partial charge in [0.15, 0.2) is 0 Å². The normalized spacial score (nSPS) is 14.7. The highest BCUT2D eigenvalue weighted by Crippen LogP contribution is 2.24. The Morgan fingerprint density at radius 1 is 1.29 bits per heavy atom. The molecular weight excluding hydrogens is 280 g/mol. The molecule has 0 bridgehead atoms. The number of nitrogens with one attached hydrogen (secondary N) is 1. The van der Waals surface area contributed by atoms with Crippen LogP contribution in [0.4, 0.5) is 0 Å². The van der Waals surface area contributed by atoms with Gasteiger partial charge in [-0.3, -0.25) is 0 Å². The number of hydrogen-bond acceptors (Lipinski definition) is 4. The highest BCUT2D eigenvalue weighted by atomic mass is 32.1. The van der Waals surface area contributed by atoms with Gasteiger partial charge in [-0.1, -0.05) is 32.9 Å². The van der Waals surface area contributed by atoms with E-state index in [-0.39, 0.29) is 6.10 Å². The van der Waals surface area contributed by atoms with Gasteiger partial charge in [0.05, 0.1) is 21.3 Å². The number of nitrogens with zero attached hydrogens (tertiary/aromatic N) is 1. The summed E-state index contributed by atoms with van der Waals surface area (Å²) in [7, 11) is 1.81. The molecule has 2 rings (SSSR count). The lowest BCUT2D eigenvalue weighted by molar-refractivity contribution is 0.0332. The van der Waals surface area contributed by atoms with Crippen molar-refractivity contribution in [2.24, 2.45) is 5.92 Å². The Labute approximate surface area is 131 Å². The van der Waals surface area contributed by atoms with Crippen LogP contribution in [0.15, 0.2) is 24.3 Å². The van der Waals surface area contributed by atoms with E-state index in [0.29, 0.717) is 12.0 Å². The van der Waals surface area contributed by atoms with Crippen molar-refractivity contribution >= 4 is 21.6 Å². The number of rotatable bonds is 8. The van der Waals surface area contributed by atoms with Crippen LogP contribution in [-0.2, 0) is 11.2 Å². The summed E-state index contributed by atoms with van der Waals surface area (Å²) >= 11 is 1.79. The van der Waals surface area contributed by atoms with Crippen molar-refractivity contribution < 1.29 is 4.74 Å². The van der Waals surface area contributed by atoms with Crippen molar-refractivity contribution in [1.82, 2.24) is 10.3 Å². The summed E-state index contributed by atoms with van der Waals surface area (Å²) in [6, 6.07) is 8.66. The Morgan fingerprint density at radius 2 is 2.05 bits per heavy atom. The number of fused-ring (bicyclic) bond motifs is 1. The first-order chi connectivity index (χ1) is 10.2. The van der Waals surface area contributed by atoms with Crippen LogP contribution in [0.1, 0.15) is 32.2 Å². The fraction of sp³-hybridized carbons (Fsp3) is 0.588. The van der Waals surface area contributed by atoms with Crippen LogP contribution in [-0.4, -0.2) is 30.8 Å². The Bertz CT molecular complexity index is 519. The molecule has 116 valence electrons. The quantitative estimate of drug-likeness (QED) is 0.803. The molecule has 1 aromatic heterocycles. The first-order valence-electron chi connectivity index (χ1n) is 7.76. The molecule has 0 aliphatic carbocycles. The SMILES string of the molecule is CCCNC(Cc1nc2ccccc2s1)C(OC)C(C)C. The minimum Gasteiger partial charge on any atom is -0.380 e. The Hall–Kier alpha value is -0.970. The highest BCUT2D eigenvalue weighted by molar-refractivity contribution is 7.18. The smallest absolute Gasteiger partial charge is 0.0955 e. The number of hydrogen-bond donors (Lipinski definition) is 1. The van der Waals surface area contributed by atoms with E-state index in [1.54, 1.807) is 11.3 Å². The fourth-order valence-corrected chi connectivity index (χ4v) is 3.76. The summed E-state index contributed by atoms with van der Waals surface area (Å²) in [5.74, 6) is 0.485. The van der Waals surface area contributed by atoms with Gasteiger partial charge in [0.25, 0.3) is 0 Å². The van der Waals surface area contributed by atoms with Crippen LogP contribution >= 0.6 is 11.3 Å². The Morgan fingerprint density at radius 3 is 2.67 bits per heavy atom. The number of aromatic nitrogens is 1. The summed E-state index contributed by atoms with van der Waals surface area (Å²) in [6.45, 7) is 7.64. The van der Waals surface area contributed by atoms with Crippen molar-refractivity contribution in [3.05, 3.63) is 29.3 Å². The molecule has 3 nitrogen and oxygen atoms in total. The van der Waals surface area contributed by atoms with Crippen LogP contribution in [0.25, 0.3) is 10.2 Å². The zero-order valence-corrected chi connectivity index (χ0v) is 14.2. The van der Waals surface area contributed by atoms with Crippen LogP contribution in [0.5, 0.6) is 0 Å². The molecule has 0 fully saturated rings. The number of para-hydroxylation sites is 1. The van der Waals surface area contributed by atoms with E-state index in [1.807, 2.05) is 13.2 Å². The van der Waals surface area contributed by atoms with Crippen LogP contribution < -0.4 is 5.32 Å². The number of ether oxygens (including phenoxy) is 1. The molecule has 0 aliphatic heterocycles. The van der Waals surface area contributed by atoms with Gasteiger partial charge in [-0.25, -0.2) is 4.98 Å². The van der Waals surface area contributed by atoms with E-state index in [9.17, 15) is 0 Å². The molecule has 1 heterocycles. The van der Waals surface area contributed by atoms with Gasteiger partial charge >= 0.3 is 0 Å². The van der Waals surface area contributed by atoms with Crippen molar-refractivity contribution in [1.29, 1.82) is 0 Å². The molecular formula is C17H26N2OS. The van der Waals surface area contributed by atoms with Crippen molar-refractivity contribution in [2.75, 3.05) is 13.7 Å². The predicted molar refractivity (Wildman–Crippen MR) is 91.0 cm³/mol. The molecule has 0 spiro atoms. The van der Waals surface area contributed by atoms with E-state index in [2.05, 4.69) is 44.3 Å². The number of methoxy groups -OCH3 is 1. The van der Waals surface area contributed by atoms with Gasteiger partial charge in [-0.2, -0.15) is 0 Å². The second-order valence-corrected chi connectivity index (χ2v) is 6.90. The monoisotopic (exact) mass is 306 g/mol. The minimum absolute atomic E-state index is 0.212. The van der Waals surface area contributed by atoms with Crippen LogP contribution in [0.2, 0.25) is 0 Å². The van der Waals surface area contributed by atoms with Gasteiger partial charge in [-0.15, -0.1) is 11.3 Å². The largest absolute Gasteiger partial charge is 0.380 e. The van der Waals surface area contributed by atoms with Gasteiger partial charge in [0.2, 0.25) is 0 Å². The van der Waals surface area contributed by atoms with Crippen molar-refractivity contribution in [3.8, 4) is 0 Å². The summed E-state index contributed by atoms with van der Waals surface area (Å²) < 4.78 is 7.00. The molecule has 2 atom stereocenters. The maximum Gasteiger partial charge on any atom is 0.0955 e. The molecule has 1 aromatic carbocycles. The third-order valence-corrected chi connectivity index (χ3v) is 4.77. The fourth-order valence-electron chi connectivity index (χ4n) is 2.73. The third-order valence-electron chi connectivity index (χ3n) is 3.72. The van der Waals surface area contributed by atoms with E-state index in [4.69, 9.17) is 9.72 Å². The molecule has 0 amide bonds. The number of benzene rings is 1. The molecule has 0 saturated heterocycles. The van der Waals surface area contributed by atoms with Gasteiger partial charge in [-0.05, 0) is 31.0 Å². The van der Waals surface area contributed by atoms with E-state index in [1.165, 1.54) is 9.71 Å². The average molecular weight is 306 g/mol. The molecule has 1 N–H and O–H groups in total. The lowest BCUT2D eigenvalue weighted by atomic mass is 9.97. The summed E-state index contributed by atoms with van der Waals surface area (Å²) in [5, 5.41) is 4.82. The first kappa shape index (κ1) is 16.4. The molecule has 0 radical (unpaired) electrons. The van der Waals surface area contributed by atoms with E-state index >= 15 is 0 Å². The van der Waals surface area contributed by atoms with E-state index in [0.717, 1.165) is 24.9 Å². The van der Waals surface area contributed by atoms with Gasteiger partial charge in [0, 0.05) is 19.6 Å². The average Bonchev–Trinajstić information content (AvgIpc) is 2.87. The molecule has 2 aromatic rings. The predicted octanol–water partition coefficient (Wildman–Crippen LogP) is 3.88.